The molecule has 2 rings (SSSR count). The summed E-state index contributed by atoms with van der Waals surface area (Å²) in [6, 6.07) is 0.577. The maximum absolute atomic E-state index is 5.39. The van der Waals surface area contributed by atoms with E-state index >= 15 is 0 Å². The summed E-state index contributed by atoms with van der Waals surface area (Å²) in [7, 11) is 7.89. The predicted molar refractivity (Wildman–Crippen MR) is 72.8 cm³/mol. The summed E-state index contributed by atoms with van der Waals surface area (Å²) in [5, 5.41) is 3.60. The molecule has 1 saturated carbocycles. The largest absolute Gasteiger partial charge is 0.381 e. The summed E-state index contributed by atoms with van der Waals surface area (Å²) in [4.78, 5) is 6.44. The van der Waals surface area contributed by atoms with Crippen molar-refractivity contribution in [2.75, 3.05) is 26.1 Å². The maximum Gasteiger partial charge on any atom is 0.204 e. The van der Waals surface area contributed by atoms with Gasteiger partial charge in [0.25, 0.3) is 0 Å². The lowest BCUT2D eigenvalue weighted by atomic mass is 10.2. The van der Waals surface area contributed by atoms with Gasteiger partial charge in [-0.1, -0.05) is 0 Å². The summed E-state index contributed by atoms with van der Waals surface area (Å²) in [5.41, 5.74) is 1.22. The molecular weight excluding hydrogens is 228 g/mol. The number of anilines is 1. The maximum atomic E-state index is 5.39. The Morgan fingerprint density at radius 3 is 2.83 bits per heavy atom. The van der Waals surface area contributed by atoms with E-state index in [0.717, 1.165) is 18.9 Å². The molecule has 5 heteroatoms. The zero-order valence-corrected chi connectivity index (χ0v) is 11.8. The fourth-order valence-electron chi connectivity index (χ4n) is 2.60. The summed E-state index contributed by atoms with van der Waals surface area (Å²) in [6.07, 6.45) is 5.88. The Morgan fingerprint density at radius 2 is 2.28 bits per heavy atom. The van der Waals surface area contributed by atoms with Crippen molar-refractivity contribution in [1.29, 1.82) is 0 Å². The van der Waals surface area contributed by atoms with Crippen molar-refractivity contribution in [3.8, 4) is 0 Å². The minimum absolute atomic E-state index is 0.436. The summed E-state index contributed by atoms with van der Waals surface area (Å²) >= 11 is 0. The Hall–Kier alpha value is -1.07. The van der Waals surface area contributed by atoms with Crippen LogP contribution in [0, 0.1) is 0 Å². The SMILES string of the molecule is COC1CCC(NCc2cnc(N(C)C)n2C)C1. The van der Waals surface area contributed by atoms with Crippen molar-refractivity contribution >= 4 is 5.95 Å². The number of rotatable bonds is 5. The van der Waals surface area contributed by atoms with Gasteiger partial charge in [0, 0.05) is 40.8 Å². The fourth-order valence-corrected chi connectivity index (χ4v) is 2.60. The van der Waals surface area contributed by atoms with Gasteiger partial charge in [0.1, 0.15) is 0 Å². The second-order valence-electron chi connectivity index (χ2n) is 5.25. The number of ether oxygens (including phenoxy) is 1. The molecule has 0 amide bonds. The van der Waals surface area contributed by atoms with Crippen molar-refractivity contribution in [3.05, 3.63) is 11.9 Å². The predicted octanol–water partition coefficient (Wildman–Crippen LogP) is 1.14. The molecule has 18 heavy (non-hydrogen) atoms. The topological polar surface area (TPSA) is 42.3 Å². The number of nitrogens with zero attached hydrogens (tertiary/aromatic N) is 3. The number of imidazole rings is 1. The van der Waals surface area contributed by atoms with E-state index in [1.807, 2.05) is 25.2 Å². The molecule has 1 aromatic heterocycles. The van der Waals surface area contributed by atoms with Crippen LogP contribution in [-0.4, -0.2) is 42.9 Å². The Bertz CT molecular complexity index is 388. The van der Waals surface area contributed by atoms with Gasteiger partial charge in [0.15, 0.2) is 0 Å². The van der Waals surface area contributed by atoms with Crippen molar-refractivity contribution in [1.82, 2.24) is 14.9 Å². The smallest absolute Gasteiger partial charge is 0.204 e. The van der Waals surface area contributed by atoms with Crippen LogP contribution in [-0.2, 0) is 18.3 Å². The summed E-state index contributed by atoms with van der Waals surface area (Å²) in [5.74, 6) is 0.994. The first-order valence-corrected chi connectivity index (χ1v) is 6.56. The molecule has 2 unspecified atom stereocenters. The molecule has 102 valence electrons. The molecule has 1 aliphatic carbocycles. The van der Waals surface area contributed by atoms with E-state index in [9.17, 15) is 0 Å². The molecule has 1 N–H and O–H groups in total. The molecule has 1 aromatic rings. The third-order valence-corrected chi connectivity index (χ3v) is 3.75. The van der Waals surface area contributed by atoms with Gasteiger partial charge < -0.3 is 19.5 Å². The van der Waals surface area contributed by atoms with Crippen LogP contribution in [0.25, 0.3) is 0 Å². The first-order valence-electron chi connectivity index (χ1n) is 6.56. The molecule has 1 aliphatic rings. The quantitative estimate of drug-likeness (QED) is 0.853. The van der Waals surface area contributed by atoms with Crippen LogP contribution < -0.4 is 10.2 Å². The van der Waals surface area contributed by atoms with Crippen LogP contribution in [0.4, 0.5) is 5.95 Å². The zero-order chi connectivity index (χ0) is 13.1. The van der Waals surface area contributed by atoms with Gasteiger partial charge in [-0.2, -0.15) is 0 Å². The van der Waals surface area contributed by atoms with E-state index in [2.05, 4.69) is 21.9 Å². The second-order valence-corrected chi connectivity index (χ2v) is 5.25. The monoisotopic (exact) mass is 252 g/mol. The van der Waals surface area contributed by atoms with Crippen LogP contribution in [0.3, 0.4) is 0 Å². The first kappa shape index (κ1) is 13.4. The Balaban J connectivity index is 1.87. The molecule has 0 spiro atoms. The van der Waals surface area contributed by atoms with Gasteiger partial charge in [-0.15, -0.1) is 0 Å². The van der Waals surface area contributed by atoms with Crippen molar-refractivity contribution in [3.63, 3.8) is 0 Å². The highest BCUT2D eigenvalue weighted by atomic mass is 16.5. The van der Waals surface area contributed by atoms with E-state index in [1.165, 1.54) is 18.5 Å². The number of hydrogen-bond acceptors (Lipinski definition) is 4. The number of methoxy groups -OCH3 is 1. The normalized spacial score (nSPS) is 23.6. The molecule has 0 radical (unpaired) electrons. The third kappa shape index (κ3) is 2.84. The molecule has 0 bridgehead atoms. The average molecular weight is 252 g/mol. The van der Waals surface area contributed by atoms with E-state index in [-0.39, 0.29) is 0 Å². The van der Waals surface area contributed by atoms with Gasteiger partial charge in [0.05, 0.1) is 18.0 Å². The number of aromatic nitrogens is 2. The third-order valence-electron chi connectivity index (χ3n) is 3.75. The minimum atomic E-state index is 0.436. The van der Waals surface area contributed by atoms with Crippen LogP contribution in [0.5, 0.6) is 0 Å². The van der Waals surface area contributed by atoms with Crippen molar-refractivity contribution in [2.45, 2.75) is 38.0 Å². The first-order chi connectivity index (χ1) is 8.61. The highest BCUT2D eigenvalue weighted by molar-refractivity contribution is 5.30. The average Bonchev–Trinajstić information content (AvgIpc) is 2.93. The lowest BCUT2D eigenvalue weighted by Gasteiger charge is -2.15. The molecule has 5 nitrogen and oxygen atoms in total. The summed E-state index contributed by atoms with van der Waals surface area (Å²) < 4.78 is 7.52. The van der Waals surface area contributed by atoms with Crippen molar-refractivity contribution in [2.24, 2.45) is 7.05 Å². The molecule has 1 heterocycles. The van der Waals surface area contributed by atoms with Crippen LogP contribution >= 0.6 is 0 Å². The minimum Gasteiger partial charge on any atom is -0.381 e. The van der Waals surface area contributed by atoms with Crippen LogP contribution in [0.1, 0.15) is 25.0 Å². The van der Waals surface area contributed by atoms with Gasteiger partial charge in [-0.05, 0) is 19.3 Å². The highest BCUT2D eigenvalue weighted by Gasteiger charge is 2.24. The molecule has 1 fully saturated rings. The van der Waals surface area contributed by atoms with Crippen LogP contribution in [0.15, 0.2) is 6.20 Å². The van der Waals surface area contributed by atoms with E-state index in [1.54, 1.807) is 7.11 Å². The second kappa shape index (κ2) is 5.71. The molecular formula is C13H24N4O. The molecule has 0 aliphatic heterocycles. The van der Waals surface area contributed by atoms with Crippen LogP contribution in [0.2, 0.25) is 0 Å². The number of hydrogen-bond donors (Lipinski definition) is 1. The van der Waals surface area contributed by atoms with E-state index < -0.39 is 0 Å². The Kier molecular flexibility index (Phi) is 4.24. The molecule has 0 aromatic carbocycles. The lowest BCUT2D eigenvalue weighted by Crippen LogP contribution is -2.27. The standard InChI is InChI=1S/C13H24N4O/c1-16(2)13-15-9-11(17(13)3)8-14-10-5-6-12(7-10)18-4/h9-10,12,14H,5-8H2,1-4H3. The van der Waals surface area contributed by atoms with Gasteiger partial charge in [-0.25, -0.2) is 4.98 Å². The Morgan fingerprint density at radius 1 is 1.50 bits per heavy atom. The Labute approximate surface area is 109 Å². The van der Waals surface area contributed by atoms with E-state index in [4.69, 9.17) is 4.74 Å². The van der Waals surface area contributed by atoms with Gasteiger partial charge in [0.2, 0.25) is 5.95 Å². The summed E-state index contributed by atoms with van der Waals surface area (Å²) in [6.45, 7) is 0.873. The molecule has 2 atom stereocenters. The zero-order valence-electron chi connectivity index (χ0n) is 11.8. The van der Waals surface area contributed by atoms with E-state index in [0.29, 0.717) is 12.1 Å². The van der Waals surface area contributed by atoms with Gasteiger partial charge >= 0.3 is 0 Å². The fraction of sp³-hybridized carbons (Fsp3) is 0.769. The van der Waals surface area contributed by atoms with Crippen molar-refractivity contribution < 1.29 is 4.74 Å². The van der Waals surface area contributed by atoms with Gasteiger partial charge in [-0.3, -0.25) is 0 Å². The number of nitrogens with one attached hydrogen (secondary N) is 1. The highest BCUT2D eigenvalue weighted by Crippen LogP contribution is 2.22. The molecule has 0 saturated heterocycles. The lowest BCUT2D eigenvalue weighted by molar-refractivity contribution is 0.107.